The van der Waals surface area contributed by atoms with Gasteiger partial charge in [-0.2, -0.15) is 0 Å². The number of pyridine rings is 1. The zero-order valence-electron chi connectivity index (χ0n) is 12.4. The zero-order chi connectivity index (χ0) is 14.9. The summed E-state index contributed by atoms with van der Waals surface area (Å²) < 4.78 is 7.23. The van der Waals surface area contributed by atoms with E-state index in [1.165, 1.54) is 0 Å². The minimum atomic E-state index is 0.616. The van der Waals surface area contributed by atoms with Crippen molar-refractivity contribution in [2.75, 3.05) is 20.7 Å². The van der Waals surface area contributed by atoms with Crippen LogP contribution >= 0.6 is 0 Å². The molecule has 0 aromatic carbocycles. The van der Waals surface area contributed by atoms with Crippen LogP contribution < -0.4 is 15.4 Å². The average Bonchev–Trinajstić information content (AvgIpc) is 3.04. The fraction of sp³-hybridized carbons (Fsp3) is 0.333. The highest BCUT2D eigenvalue weighted by molar-refractivity contribution is 5.79. The van der Waals surface area contributed by atoms with Crippen molar-refractivity contribution in [3.63, 3.8) is 0 Å². The summed E-state index contributed by atoms with van der Waals surface area (Å²) in [5, 5.41) is 6.54. The molecule has 0 spiro atoms. The van der Waals surface area contributed by atoms with Crippen molar-refractivity contribution >= 4 is 5.96 Å². The Balaban J connectivity index is 1.76. The van der Waals surface area contributed by atoms with Crippen molar-refractivity contribution in [1.82, 2.24) is 20.2 Å². The topological polar surface area (TPSA) is 63.5 Å². The second-order valence-corrected chi connectivity index (χ2v) is 4.48. The van der Waals surface area contributed by atoms with Crippen molar-refractivity contribution in [1.29, 1.82) is 0 Å². The normalized spacial score (nSPS) is 11.2. The number of rotatable bonds is 6. The number of guanidine groups is 1. The van der Waals surface area contributed by atoms with Crippen molar-refractivity contribution in [3.8, 4) is 5.88 Å². The molecule has 112 valence electrons. The Morgan fingerprint density at radius 1 is 1.33 bits per heavy atom. The molecular weight excluding hydrogens is 266 g/mol. The van der Waals surface area contributed by atoms with Gasteiger partial charge in [-0.05, 0) is 23.8 Å². The summed E-state index contributed by atoms with van der Waals surface area (Å²) in [5.41, 5.74) is 1.09. The number of hydrogen-bond acceptors (Lipinski definition) is 3. The fourth-order valence-corrected chi connectivity index (χ4v) is 1.90. The van der Waals surface area contributed by atoms with Gasteiger partial charge in [-0.3, -0.25) is 4.99 Å². The number of nitrogens with zero attached hydrogens (tertiary/aromatic N) is 3. The quantitative estimate of drug-likeness (QED) is 0.620. The summed E-state index contributed by atoms with van der Waals surface area (Å²) in [6.07, 6.45) is 5.82. The van der Waals surface area contributed by atoms with Crippen LogP contribution in [0, 0.1) is 0 Å². The van der Waals surface area contributed by atoms with Crippen LogP contribution in [-0.2, 0) is 13.1 Å². The van der Waals surface area contributed by atoms with Gasteiger partial charge in [0.25, 0.3) is 0 Å². The number of nitrogens with one attached hydrogen (secondary N) is 2. The van der Waals surface area contributed by atoms with Gasteiger partial charge in [0.05, 0.1) is 7.11 Å². The minimum Gasteiger partial charge on any atom is -0.481 e. The van der Waals surface area contributed by atoms with Gasteiger partial charge in [-0.1, -0.05) is 0 Å². The average molecular weight is 287 g/mol. The summed E-state index contributed by atoms with van der Waals surface area (Å²) in [6, 6.07) is 7.89. The van der Waals surface area contributed by atoms with Crippen LogP contribution in [0.1, 0.15) is 5.56 Å². The molecule has 6 nitrogen and oxygen atoms in total. The van der Waals surface area contributed by atoms with Gasteiger partial charge >= 0.3 is 0 Å². The summed E-state index contributed by atoms with van der Waals surface area (Å²) in [5.74, 6) is 1.39. The van der Waals surface area contributed by atoms with Gasteiger partial charge in [0.2, 0.25) is 5.88 Å². The monoisotopic (exact) mass is 287 g/mol. The number of hydrogen-bond donors (Lipinski definition) is 2. The van der Waals surface area contributed by atoms with E-state index in [0.717, 1.165) is 24.6 Å². The molecule has 0 amide bonds. The zero-order valence-corrected chi connectivity index (χ0v) is 12.4. The predicted molar refractivity (Wildman–Crippen MR) is 83.4 cm³/mol. The molecule has 21 heavy (non-hydrogen) atoms. The molecule has 6 heteroatoms. The number of ether oxygens (including phenoxy) is 1. The predicted octanol–water partition coefficient (Wildman–Crippen LogP) is 1.26. The Hall–Kier alpha value is -2.50. The number of methoxy groups -OCH3 is 1. The molecule has 2 aromatic heterocycles. The largest absolute Gasteiger partial charge is 0.481 e. The molecule has 0 bridgehead atoms. The van der Waals surface area contributed by atoms with E-state index in [2.05, 4.69) is 25.2 Å². The first-order valence-electron chi connectivity index (χ1n) is 6.86. The molecule has 2 heterocycles. The smallest absolute Gasteiger partial charge is 0.213 e. The molecule has 2 aromatic rings. The molecule has 0 fully saturated rings. The third-order valence-corrected chi connectivity index (χ3v) is 3.02. The summed E-state index contributed by atoms with van der Waals surface area (Å²) in [6.45, 7) is 2.38. The maximum Gasteiger partial charge on any atom is 0.213 e. The third-order valence-electron chi connectivity index (χ3n) is 3.02. The molecule has 0 radical (unpaired) electrons. The lowest BCUT2D eigenvalue weighted by Crippen LogP contribution is -2.38. The van der Waals surface area contributed by atoms with Gasteiger partial charge in [0, 0.05) is 51.3 Å². The van der Waals surface area contributed by atoms with E-state index >= 15 is 0 Å². The number of aliphatic imine (C=N–C) groups is 1. The van der Waals surface area contributed by atoms with Gasteiger partial charge in [-0.15, -0.1) is 0 Å². The maximum absolute atomic E-state index is 5.11. The summed E-state index contributed by atoms with van der Waals surface area (Å²) in [4.78, 5) is 8.29. The molecule has 0 saturated heterocycles. The van der Waals surface area contributed by atoms with Crippen LogP contribution in [0.4, 0.5) is 0 Å². The first-order chi connectivity index (χ1) is 10.3. The van der Waals surface area contributed by atoms with Gasteiger partial charge in [-0.25, -0.2) is 4.98 Å². The lowest BCUT2D eigenvalue weighted by molar-refractivity contribution is 0.397. The Morgan fingerprint density at radius 2 is 2.14 bits per heavy atom. The van der Waals surface area contributed by atoms with Crippen LogP contribution in [0.2, 0.25) is 0 Å². The lowest BCUT2D eigenvalue weighted by atomic mass is 10.2. The molecule has 2 N–H and O–H groups in total. The van der Waals surface area contributed by atoms with Crippen LogP contribution in [0.25, 0.3) is 0 Å². The van der Waals surface area contributed by atoms with E-state index < -0.39 is 0 Å². The highest BCUT2D eigenvalue weighted by Gasteiger charge is 2.00. The van der Waals surface area contributed by atoms with Crippen LogP contribution in [0.3, 0.4) is 0 Å². The third kappa shape index (κ3) is 4.83. The Morgan fingerprint density at radius 3 is 2.86 bits per heavy atom. The van der Waals surface area contributed by atoms with Gasteiger partial charge < -0.3 is 19.9 Å². The molecule has 2 rings (SSSR count). The van der Waals surface area contributed by atoms with Crippen molar-refractivity contribution < 1.29 is 4.74 Å². The second kappa shape index (κ2) is 7.94. The highest BCUT2D eigenvalue weighted by Crippen LogP contribution is 2.07. The first-order valence-corrected chi connectivity index (χ1v) is 6.86. The van der Waals surface area contributed by atoms with Crippen molar-refractivity contribution in [3.05, 3.63) is 48.4 Å². The van der Waals surface area contributed by atoms with Crippen molar-refractivity contribution in [2.45, 2.75) is 13.1 Å². The van der Waals surface area contributed by atoms with Crippen molar-refractivity contribution in [2.24, 2.45) is 4.99 Å². The maximum atomic E-state index is 5.11. The van der Waals surface area contributed by atoms with E-state index in [-0.39, 0.29) is 0 Å². The second-order valence-electron chi connectivity index (χ2n) is 4.48. The molecule has 0 aliphatic rings. The molecule has 0 atom stereocenters. The van der Waals surface area contributed by atoms with Crippen LogP contribution in [0.5, 0.6) is 5.88 Å². The molecule has 0 unspecified atom stereocenters. The summed E-state index contributed by atoms with van der Waals surface area (Å²) in [7, 11) is 3.37. The molecule has 0 aliphatic heterocycles. The summed E-state index contributed by atoms with van der Waals surface area (Å²) >= 11 is 0. The Bertz CT molecular complexity index is 565. The molecular formula is C15H21N5O. The van der Waals surface area contributed by atoms with Gasteiger partial charge in [0.15, 0.2) is 5.96 Å². The molecule has 0 saturated carbocycles. The van der Waals surface area contributed by atoms with Gasteiger partial charge in [0.1, 0.15) is 0 Å². The molecule has 0 aliphatic carbocycles. The SMILES string of the molecule is CN=C(NCCn1cccc1)NCc1ccnc(OC)c1. The van der Waals surface area contributed by atoms with E-state index in [1.807, 2.05) is 36.7 Å². The standard InChI is InChI=1S/C15H21N5O/c1-16-15(18-7-10-20-8-3-4-9-20)19-12-13-5-6-17-14(11-13)21-2/h3-6,8-9,11H,7,10,12H2,1-2H3,(H2,16,18,19). The van der Waals surface area contributed by atoms with E-state index in [4.69, 9.17) is 4.74 Å². The van der Waals surface area contributed by atoms with Crippen LogP contribution in [-0.4, -0.2) is 36.2 Å². The van der Waals surface area contributed by atoms with Crippen LogP contribution in [0.15, 0.2) is 47.8 Å². The van der Waals surface area contributed by atoms with E-state index in [1.54, 1.807) is 20.4 Å². The fourth-order valence-electron chi connectivity index (χ4n) is 1.90. The Kier molecular flexibility index (Phi) is 5.63. The number of aromatic nitrogens is 2. The minimum absolute atomic E-state index is 0.616. The van der Waals surface area contributed by atoms with E-state index in [0.29, 0.717) is 12.4 Å². The first kappa shape index (κ1) is 14.9. The highest BCUT2D eigenvalue weighted by atomic mass is 16.5. The Labute approximate surface area is 124 Å². The lowest BCUT2D eigenvalue weighted by Gasteiger charge is -2.12. The van der Waals surface area contributed by atoms with E-state index in [9.17, 15) is 0 Å².